The van der Waals surface area contributed by atoms with Crippen LogP contribution in [0.3, 0.4) is 0 Å². The lowest BCUT2D eigenvalue weighted by atomic mass is 9.88. The van der Waals surface area contributed by atoms with Crippen LogP contribution in [0.1, 0.15) is 53.2 Å². The summed E-state index contributed by atoms with van der Waals surface area (Å²) in [6.07, 6.45) is 4.59. The van der Waals surface area contributed by atoms with Gasteiger partial charge >= 0.3 is 5.97 Å². The number of ether oxygens (including phenoxy) is 1. The normalized spacial score (nSPS) is 12.8. The first kappa shape index (κ1) is 18.7. The van der Waals surface area contributed by atoms with Gasteiger partial charge in [-0.05, 0) is 48.6 Å². The number of hydrogen-bond acceptors (Lipinski definition) is 3. The molecule has 138 valence electrons. The molecular weight excluding hydrogens is 355 g/mol. The molecule has 0 amide bonds. The van der Waals surface area contributed by atoms with Crippen molar-refractivity contribution in [3.63, 3.8) is 0 Å². The van der Waals surface area contributed by atoms with Gasteiger partial charge in [-0.3, -0.25) is 0 Å². The molecule has 0 unspecified atom stereocenters. The van der Waals surface area contributed by atoms with Gasteiger partial charge in [0.15, 0.2) is 0 Å². The summed E-state index contributed by atoms with van der Waals surface area (Å²) in [4.78, 5) is 12.3. The van der Waals surface area contributed by atoms with Crippen LogP contribution in [-0.2, 0) is 6.42 Å². The van der Waals surface area contributed by atoms with Crippen molar-refractivity contribution in [2.75, 3.05) is 0 Å². The van der Waals surface area contributed by atoms with Crippen LogP contribution in [0.5, 0.6) is 5.75 Å². The van der Waals surface area contributed by atoms with Crippen molar-refractivity contribution in [2.24, 2.45) is 0 Å². The van der Waals surface area contributed by atoms with Crippen LogP contribution in [0.4, 0.5) is 13.2 Å². The van der Waals surface area contributed by atoms with Gasteiger partial charge in [-0.25, -0.2) is 18.0 Å². The van der Waals surface area contributed by atoms with E-state index in [0.29, 0.717) is 18.4 Å². The zero-order chi connectivity index (χ0) is 19.6. The van der Waals surface area contributed by atoms with Crippen LogP contribution in [0.2, 0.25) is 0 Å². The molecule has 3 rings (SSSR count). The van der Waals surface area contributed by atoms with Crippen molar-refractivity contribution in [2.45, 2.75) is 32.6 Å². The summed E-state index contributed by atoms with van der Waals surface area (Å²) in [6, 6.07) is 5.89. The maximum absolute atomic E-state index is 14.8. The second-order valence-electron chi connectivity index (χ2n) is 6.31. The molecule has 0 bridgehead atoms. The van der Waals surface area contributed by atoms with Crippen molar-refractivity contribution in [1.29, 1.82) is 5.26 Å². The minimum Gasteiger partial charge on any atom is -0.423 e. The number of hydrogen-bond donors (Lipinski definition) is 0. The number of halogens is 3. The predicted molar refractivity (Wildman–Crippen MR) is 93.6 cm³/mol. The first-order chi connectivity index (χ1) is 12.9. The number of benzene rings is 2. The summed E-state index contributed by atoms with van der Waals surface area (Å²) in [5, 5.41) is 8.71. The molecule has 6 heteroatoms. The van der Waals surface area contributed by atoms with Crippen molar-refractivity contribution >= 4 is 12.0 Å². The van der Waals surface area contributed by atoms with Crippen molar-refractivity contribution < 1.29 is 22.7 Å². The van der Waals surface area contributed by atoms with E-state index in [4.69, 9.17) is 10.00 Å². The summed E-state index contributed by atoms with van der Waals surface area (Å²) in [6.45, 7) is 2.03. The van der Waals surface area contributed by atoms with Crippen LogP contribution in [0, 0.1) is 28.8 Å². The molecule has 0 fully saturated rings. The molecule has 0 aliphatic heterocycles. The van der Waals surface area contributed by atoms with Crippen LogP contribution < -0.4 is 4.74 Å². The number of rotatable bonds is 4. The quantitative estimate of drug-likeness (QED) is 0.540. The van der Waals surface area contributed by atoms with E-state index < -0.39 is 29.0 Å². The van der Waals surface area contributed by atoms with Crippen molar-refractivity contribution in [3.05, 3.63) is 69.5 Å². The Hall–Kier alpha value is -3.07. The molecule has 0 atom stereocenters. The topological polar surface area (TPSA) is 50.1 Å². The molecule has 27 heavy (non-hydrogen) atoms. The Morgan fingerprint density at radius 2 is 1.96 bits per heavy atom. The molecule has 0 radical (unpaired) electrons. The monoisotopic (exact) mass is 371 g/mol. The summed E-state index contributed by atoms with van der Waals surface area (Å²) in [7, 11) is 0. The third-order valence-electron chi connectivity index (χ3n) is 4.46. The Labute approximate surface area is 154 Å². The van der Waals surface area contributed by atoms with Gasteiger partial charge in [0.2, 0.25) is 0 Å². The Balaban J connectivity index is 1.92. The molecular formula is C21H16F3NO2. The Morgan fingerprint density at radius 3 is 2.63 bits per heavy atom. The zero-order valence-electron chi connectivity index (χ0n) is 14.6. The summed E-state index contributed by atoms with van der Waals surface area (Å²) >= 11 is 0. The van der Waals surface area contributed by atoms with E-state index >= 15 is 0 Å². The minimum absolute atomic E-state index is 0.226. The maximum atomic E-state index is 14.8. The number of esters is 1. The van der Waals surface area contributed by atoms with E-state index in [1.165, 1.54) is 6.07 Å². The van der Waals surface area contributed by atoms with Crippen molar-refractivity contribution in [1.82, 2.24) is 0 Å². The van der Waals surface area contributed by atoms with Gasteiger partial charge in [0.25, 0.3) is 0 Å². The van der Waals surface area contributed by atoms with Gasteiger partial charge in [0.05, 0.1) is 5.56 Å². The molecule has 2 aromatic carbocycles. The van der Waals surface area contributed by atoms with Gasteiger partial charge < -0.3 is 4.74 Å². The smallest absolute Gasteiger partial charge is 0.349 e. The van der Waals surface area contributed by atoms with Gasteiger partial charge in [-0.1, -0.05) is 25.0 Å². The van der Waals surface area contributed by atoms with Gasteiger partial charge in [-0.15, -0.1) is 0 Å². The first-order valence-electron chi connectivity index (χ1n) is 8.56. The lowest BCUT2D eigenvalue weighted by Crippen LogP contribution is -2.16. The summed E-state index contributed by atoms with van der Waals surface area (Å²) in [5.41, 5.74) is 0.795. The second-order valence-corrected chi connectivity index (χ2v) is 6.31. The fraction of sp³-hybridized carbons (Fsp3) is 0.238. The largest absolute Gasteiger partial charge is 0.423 e. The Bertz CT molecular complexity index is 990. The molecule has 0 saturated heterocycles. The van der Waals surface area contributed by atoms with E-state index in [1.54, 1.807) is 12.1 Å². The van der Waals surface area contributed by atoms with Gasteiger partial charge in [0, 0.05) is 6.07 Å². The molecule has 0 N–H and O–H groups in total. The van der Waals surface area contributed by atoms with Crippen molar-refractivity contribution in [3.8, 4) is 11.8 Å². The third kappa shape index (κ3) is 3.72. The lowest BCUT2D eigenvalue weighted by Gasteiger charge is -2.19. The Kier molecular flexibility index (Phi) is 5.31. The molecule has 3 nitrogen and oxygen atoms in total. The molecule has 0 saturated carbocycles. The number of carbonyl (C=O) groups is 1. The van der Waals surface area contributed by atoms with Gasteiger partial charge in [-0.2, -0.15) is 5.26 Å². The first-order valence-corrected chi connectivity index (χ1v) is 8.56. The lowest BCUT2D eigenvalue weighted by molar-refractivity contribution is 0.0724. The van der Waals surface area contributed by atoms with E-state index in [1.807, 2.05) is 6.92 Å². The van der Waals surface area contributed by atoms with Crippen LogP contribution >= 0.6 is 0 Å². The minimum atomic E-state index is -1.25. The standard InChI is InChI=1S/C21H16F3NO2/c1-2-3-12-4-7-16-14(8-12)9-18(23)19(20(16)24)21(26)27-15-6-5-13(11-25)17(22)10-15/h5-6,8-10H,2-4,7H2,1H3. The fourth-order valence-corrected chi connectivity index (χ4v) is 3.15. The summed E-state index contributed by atoms with van der Waals surface area (Å²) in [5.74, 6) is -4.35. The average molecular weight is 371 g/mol. The number of nitrogens with zero attached hydrogens (tertiary/aromatic N) is 1. The van der Waals surface area contributed by atoms with E-state index in [0.717, 1.165) is 36.6 Å². The highest BCUT2D eigenvalue weighted by Gasteiger charge is 2.26. The Morgan fingerprint density at radius 1 is 1.19 bits per heavy atom. The molecule has 2 aromatic rings. The highest BCUT2D eigenvalue weighted by molar-refractivity contribution is 5.92. The number of nitriles is 1. The highest BCUT2D eigenvalue weighted by Crippen LogP contribution is 2.32. The molecule has 1 aliphatic rings. The maximum Gasteiger partial charge on any atom is 0.349 e. The third-order valence-corrected chi connectivity index (χ3v) is 4.46. The second kappa shape index (κ2) is 7.67. The molecule has 0 spiro atoms. The zero-order valence-corrected chi connectivity index (χ0v) is 14.6. The SMILES string of the molecule is CCCC1=Cc2cc(F)c(C(=O)Oc3ccc(C#N)c(F)c3)c(F)c2CC1. The van der Waals surface area contributed by atoms with Crippen LogP contribution in [-0.4, -0.2) is 5.97 Å². The fourth-order valence-electron chi connectivity index (χ4n) is 3.15. The van der Waals surface area contributed by atoms with Crippen LogP contribution in [0.15, 0.2) is 29.8 Å². The predicted octanol–water partition coefficient (Wildman–Crippen LogP) is 5.32. The highest BCUT2D eigenvalue weighted by atomic mass is 19.1. The van der Waals surface area contributed by atoms with E-state index in [-0.39, 0.29) is 16.9 Å². The summed E-state index contributed by atoms with van der Waals surface area (Å²) < 4.78 is 47.7. The molecule has 1 aliphatic carbocycles. The van der Waals surface area contributed by atoms with E-state index in [2.05, 4.69) is 0 Å². The number of carbonyl (C=O) groups excluding carboxylic acids is 1. The van der Waals surface area contributed by atoms with E-state index in [9.17, 15) is 18.0 Å². The number of fused-ring (bicyclic) bond motifs is 1. The number of allylic oxidation sites excluding steroid dienone is 1. The molecule has 0 heterocycles. The van der Waals surface area contributed by atoms with Crippen LogP contribution in [0.25, 0.3) is 6.08 Å². The molecule has 0 aromatic heterocycles. The average Bonchev–Trinajstić information content (AvgIpc) is 2.62. The van der Waals surface area contributed by atoms with Gasteiger partial charge in [0.1, 0.15) is 34.8 Å².